The second kappa shape index (κ2) is 6.42. The number of carbonyl (C=O) groups is 1. The summed E-state index contributed by atoms with van der Waals surface area (Å²) in [6.07, 6.45) is 0. The Morgan fingerprint density at radius 2 is 2.05 bits per heavy atom. The maximum atomic E-state index is 13.2. The number of aromatic nitrogens is 1. The van der Waals surface area contributed by atoms with E-state index in [9.17, 15) is 14.3 Å². The predicted molar refractivity (Wildman–Crippen MR) is 69.3 cm³/mol. The third-order valence-electron chi connectivity index (χ3n) is 2.76. The number of halogens is 1. The zero-order chi connectivity index (χ0) is 13.4. The average molecular weight is 311 g/mol. The van der Waals surface area contributed by atoms with Crippen LogP contribution < -0.4 is 56.5 Å². The standard InChI is InChI=1S/C14H8FNO2S.K/c15-8-3-4-11-9(6-8)10(14(17)18)7-12(16-11)13-2-1-5-19-13;/h1-7H,(H,17,18);/q;+1/p-1. The summed E-state index contributed by atoms with van der Waals surface area (Å²) in [5.74, 6) is -1.84. The molecular weight excluding hydrogens is 304 g/mol. The molecule has 1 aromatic carbocycles. The van der Waals surface area contributed by atoms with Crippen LogP contribution >= 0.6 is 11.3 Å². The number of thiophene rings is 1. The Morgan fingerprint density at radius 3 is 2.70 bits per heavy atom. The first-order chi connectivity index (χ1) is 9.15. The van der Waals surface area contributed by atoms with Crippen molar-refractivity contribution in [1.82, 2.24) is 4.98 Å². The number of fused-ring (bicyclic) bond motifs is 1. The number of nitrogens with zero attached hydrogens (tertiary/aromatic N) is 1. The van der Waals surface area contributed by atoms with E-state index in [-0.39, 0.29) is 62.3 Å². The third-order valence-corrected chi connectivity index (χ3v) is 3.66. The van der Waals surface area contributed by atoms with Crippen molar-refractivity contribution in [3.05, 3.63) is 53.2 Å². The van der Waals surface area contributed by atoms with E-state index in [1.54, 1.807) is 0 Å². The number of benzene rings is 1. The van der Waals surface area contributed by atoms with Gasteiger partial charge in [-0.05, 0) is 35.7 Å². The molecule has 0 spiro atoms. The van der Waals surface area contributed by atoms with Gasteiger partial charge in [-0.2, -0.15) is 0 Å². The quantitative estimate of drug-likeness (QED) is 0.598. The van der Waals surface area contributed by atoms with Gasteiger partial charge in [0, 0.05) is 10.9 Å². The normalized spacial score (nSPS) is 10.2. The van der Waals surface area contributed by atoms with Gasteiger partial charge in [-0.1, -0.05) is 6.07 Å². The molecule has 0 unspecified atom stereocenters. The van der Waals surface area contributed by atoms with Gasteiger partial charge in [-0.15, -0.1) is 11.3 Å². The number of carbonyl (C=O) groups excluding carboxylic acids is 1. The van der Waals surface area contributed by atoms with Crippen molar-refractivity contribution in [2.75, 3.05) is 0 Å². The Bertz CT molecular complexity index is 774. The Hall–Kier alpha value is -0.634. The largest absolute Gasteiger partial charge is 1.00 e. The van der Waals surface area contributed by atoms with Crippen molar-refractivity contribution in [1.29, 1.82) is 0 Å². The van der Waals surface area contributed by atoms with Crippen LogP contribution in [0.4, 0.5) is 4.39 Å². The molecule has 20 heavy (non-hydrogen) atoms. The van der Waals surface area contributed by atoms with Crippen molar-refractivity contribution in [2.24, 2.45) is 0 Å². The molecule has 0 aliphatic heterocycles. The van der Waals surface area contributed by atoms with Gasteiger partial charge in [-0.25, -0.2) is 9.37 Å². The van der Waals surface area contributed by atoms with Crippen LogP contribution in [0.25, 0.3) is 21.5 Å². The molecule has 0 bridgehead atoms. The molecule has 0 saturated heterocycles. The van der Waals surface area contributed by atoms with Crippen LogP contribution in [-0.4, -0.2) is 11.0 Å². The van der Waals surface area contributed by atoms with Gasteiger partial charge in [0.2, 0.25) is 0 Å². The summed E-state index contributed by atoms with van der Waals surface area (Å²) in [5.41, 5.74) is 0.938. The zero-order valence-corrected chi connectivity index (χ0v) is 14.5. The fraction of sp³-hybridized carbons (Fsp3) is 0. The molecule has 0 saturated carbocycles. The summed E-state index contributed by atoms with van der Waals surface area (Å²) in [6.45, 7) is 0. The average Bonchev–Trinajstić information content (AvgIpc) is 2.91. The molecule has 3 nitrogen and oxygen atoms in total. The summed E-state index contributed by atoms with van der Waals surface area (Å²) >= 11 is 1.46. The smallest absolute Gasteiger partial charge is 0.545 e. The van der Waals surface area contributed by atoms with E-state index < -0.39 is 11.8 Å². The minimum absolute atomic E-state index is 0. The summed E-state index contributed by atoms with van der Waals surface area (Å²) in [6, 6.07) is 9.01. The van der Waals surface area contributed by atoms with Crippen LogP contribution in [0.3, 0.4) is 0 Å². The zero-order valence-electron chi connectivity index (χ0n) is 10.6. The minimum Gasteiger partial charge on any atom is -0.545 e. The first kappa shape index (κ1) is 15.7. The summed E-state index contributed by atoms with van der Waals surface area (Å²) < 4.78 is 13.2. The minimum atomic E-state index is -1.34. The number of hydrogen-bond acceptors (Lipinski definition) is 4. The fourth-order valence-electron chi connectivity index (χ4n) is 1.92. The molecule has 0 atom stereocenters. The number of hydrogen-bond donors (Lipinski definition) is 0. The molecule has 0 radical (unpaired) electrons. The van der Waals surface area contributed by atoms with Gasteiger partial charge in [0.1, 0.15) is 5.82 Å². The molecule has 3 aromatic rings. The topological polar surface area (TPSA) is 53.0 Å². The maximum Gasteiger partial charge on any atom is 1.00 e. The van der Waals surface area contributed by atoms with Crippen molar-refractivity contribution >= 4 is 28.2 Å². The monoisotopic (exact) mass is 311 g/mol. The first-order valence-corrected chi connectivity index (χ1v) is 6.38. The molecule has 2 heterocycles. The third kappa shape index (κ3) is 3.00. The molecule has 0 aliphatic carbocycles. The Kier molecular flexibility index (Phi) is 5.06. The van der Waals surface area contributed by atoms with Gasteiger partial charge in [0.15, 0.2) is 0 Å². The fourth-order valence-corrected chi connectivity index (χ4v) is 2.60. The van der Waals surface area contributed by atoms with E-state index in [0.717, 1.165) is 10.9 Å². The number of carboxylic acid groups (broad SMARTS) is 1. The van der Waals surface area contributed by atoms with E-state index >= 15 is 0 Å². The summed E-state index contributed by atoms with van der Waals surface area (Å²) in [7, 11) is 0. The molecule has 0 fully saturated rings. The number of pyridine rings is 1. The van der Waals surface area contributed by atoms with Gasteiger partial charge in [0.25, 0.3) is 0 Å². The molecular formula is C14H7FKNO2S. The van der Waals surface area contributed by atoms with E-state index in [1.807, 2.05) is 17.5 Å². The SMILES string of the molecule is O=C([O-])c1cc(-c2cccs2)nc2ccc(F)cc12.[K+]. The van der Waals surface area contributed by atoms with Crippen LogP contribution in [0.2, 0.25) is 0 Å². The van der Waals surface area contributed by atoms with Crippen molar-refractivity contribution in [3.8, 4) is 10.6 Å². The molecule has 94 valence electrons. The van der Waals surface area contributed by atoms with Gasteiger partial charge in [0.05, 0.1) is 22.1 Å². The molecule has 6 heteroatoms. The Balaban J connectivity index is 0.00000147. The van der Waals surface area contributed by atoms with Crippen LogP contribution in [0.1, 0.15) is 10.4 Å². The summed E-state index contributed by atoms with van der Waals surface area (Å²) in [4.78, 5) is 16.4. The van der Waals surface area contributed by atoms with Crippen LogP contribution in [-0.2, 0) is 0 Å². The predicted octanol–water partition coefficient (Wildman–Crippen LogP) is -0.530. The van der Waals surface area contributed by atoms with Crippen molar-refractivity contribution < 1.29 is 65.7 Å². The van der Waals surface area contributed by atoms with E-state index in [1.165, 1.54) is 29.5 Å². The van der Waals surface area contributed by atoms with Gasteiger partial charge < -0.3 is 9.90 Å². The van der Waals surface area contributed by atoms with Crippen molar-refractivity contribution in [2.45, 2.75) is 0 Å². The van der Waals surface area contributed by atoms with Gasteiger partial charge in [-0.3, -0.25) is 0 Å². The second-order valence-corrected chi connectivity index (χ2v) is 4.93. The first-order valence-electron chi connectivity index (χ1n) is 5.50. The number of aromatic carboxylic acids is 1. The maximum absolute atomic E-state index is 13.2. The summed E-state index contributed by atoms with van der Waals surface area (Å²) in [5, 5.41) is 13.3. The number of carboxylic acids is 1. The molecule has 0 N–H and O–H groups in total. The molecule has 3 rings (SSSR count). The molecule has 0 amide bonds. The molecule has 0 aliphatic rings. The Labute approximate surface area is 160 Å². The van der Waals surface area contributed by atoms with E-state index in [2.05, 4.69) is 4.98 Å². The molecule has 2 aromatic heterocycles. The van der Waals surface area contributed by atoms with Crippen LogP contribution in [0, 0.1) is 5.82 Å². The van der Waals surface area contributed by atoms with E-state index in [4.69, 9.17) is 0 Å². The van der Waals surface area contributed by atoms with Gasteiger partial charge >= 0.3 is 51.4 Å². The van der Waals surface area contributed by atoms with Crippen LogP contribution in [0.15, 0.2) is 41.8 Å². The van der Waals surface area contributed by atoms with E-state index in [0.29, 0.717) is 11.2 Å². The second-order valence-electron chi connectivity index (χ2n) is 3.98. The van der Waals surface area contributed by atoms with Crippen molar-refractivity contribution in [3.63, 3.8) is 0 Å². The number of rotatable bonds is 2. The van der Waals surface area contributed by atoms with Crippen LogP contribution in [0.5, 0.6) is 0 Å². The Morgan fingerprint density at radius 1 is 1.25 bits per heavy atom.